The summed E-state index contributed by atoms with van der Waals surface area (Å²) in [5, 5.41) is 0. The Hall–Kier alpha value is -1.27. The van der Waals surface area contributed by atoms with Gasteiger partial charge < -0.3 is 15.2 Å². The van der Waals surface area contributed by atoms with E-state index >= 15 is 0 Å². The van der Waals surface area contributed by atoms with Crippen LogP contribution in [0.2, 0.25) is 0 Å². The highest BCUT2D eigenvalue weighted by Crippen LogP contribution is 2.32. The summed E-state index contributed by atoms with van der Waals surface area (Å²) >= 11 is 0. The van der Waals surface area contributed by atoms with Crippen molar-refractivity contribution in [2.45, 2.75) is 24.3 Å². The van der Waals surface area contributed by atoms with Crippen molar-refractivity contribution in [2.24, 2.45) is 5.73 Å². The molecule has 0 bridgehead atoms. The molecule has 0 spiro atoms. The van der Waals surface area contributed by atoms with E-state index in [2.05, 4.69) is 0 Å². The topological polar surface area (TPSA) is 85.4 Å². The molecule has 1 aromatic carbocycles. The number of benzene rings is 1. The Balaban J connectivity index is 3.42. The Morgan fingerprint density at radius 3 is 2.28 bits per heavy atom. The van der Waals surface area contributed by atoms with Gasteiger partial charge in [0.2, 0.25) is 0 Å². The molecule has 0 saturated heterocycles. The zero-order valence-electron chi connectivity index (χ0n) is 11.1. The second kappa shape index (κ2) is 5.58. The molecule has 102 valence electrons. The van der Waals surface area contributed by atoms with Crippen LogP contribution in [0.25, 0.3) is 0 Å². The minimum absolute atomic E-state index is 0.0172. The number of methoxy groups -OCH3 is 2. The molecule has 0 aliphatic heterocycles. The smallest absolute Gasteiger partial charge is 0.136 e. The lowest BCUT2D eigenvalue weighted by Gasteiger charge is -2.16. The van der Waals surface area contributed by atoms with E-state index in [4.69, 9.17) is 20.0 Å². The molecule has 1 aromatic rings. The SMILES string of the molecule is COc1cc(S(C)(=N)=O)c(OC)cc1CC(C)N. The van der Waals surface area contributed by atoms with Crippen molar-refractivity contribution < 1.29 is 13.7 Å². The van der Waals surface area contributed by atoms with Crippen molar-refractivity contribution in [1.29, 1.82) is 4.78 Å². The number of ether oxygens (including phenoxy) is 2. The standard InChI is InChI=1S/C12H20N2O3S/c1-8(13)5-9-6-11(17-3)12(18(4,14)15)7-10(9)16-2/h6-8,14H,5,13H2,1-4H3. The molecular formula is C12H20N2O3S. The molecular weight excluding hydrogens is 252 g/mol. The fourth-order valence-electron chi connectivity index (χ4n) is 1.74. The van der Waals surface area contributed by atoms with Gasteiger partial charge in [-0.25, -0.2) is 8.99 Å². The lowest BCUT2D eigenvalue weighted by molar-refractivity contribution is 0.388. The van der Waals surface area contributed by atoms with Crippen LogP contribution in [0.1, 0.15) is 12.5 Å². The van der Waals surface area contributed by atoms with Gasteiger partial charge in [0.25, 0.3) is 0 Å². The van der Waals surface area contributed by atoms with E-state index in [9.17, 15) is 4.21 Å². The summed E-state index contributed by atoms with van der Waals surface area (Å²) in [6.07, 6.45) is 1.98. The van der Waals surface area contributed by atoms with E-state index in [1.165, 1.54) is 20.5 Å². The van der Waals surface area contributed by atoms with Gasteiger partial charge in [0.05, 0.1) is 28.8 Å². The van der Waals surface area contributed by atoms with Gasteiger partial charge in [-0.15, -0.1) is 0 Å². The van der Waals surface area contributed by atoms with Crippen LogP contribution < -0.4 is 15.2 Å². The van der Waals surface area contributed by atoms with Gasteiger partial charge in [-0.2, -0.15) is 0 Å². The van der Waals surface area contributed by atoms with Crippen LogP contribution in [0.3, 0.4) is 0 Å². The lowest BCUT2D eigenvalue weighted by atomic mass is 10.1. The Kier molecular flexibility index (Phi) is 4.59. The zero-order chi connectivity index (χ0) is 13.9. The molecule has 6 heteroatoms. The van der Waals surface area contributed by atoms with Crippen molar-refractivity contribution >= 4 is 9.73 Å². The third-order valence-electron chi connectivity index (χ3n) is 2.53. The molecule has 5 nitrogen and oxygen atoms in total. The zero-order valence-corrected chi connectivity index (χ0v) is 12.0. The maximum Gasteiger partial charge on any atom is 0.136 e. The lowest BCUT2D eigenvalue weighted by Crippen LogP contribution is -2.18. The predicted octanol–water partition coefficient (Wildman–Crippen LogP) is 1.63. The fraction of sp³-hybridized carbons (Fsp3) is 0.500. The van der Waals surface area contributed by atoms with E-state index in [1.54, 1.807) is 12.1 Å². The Labute approximate surface area is 108 Å². The highest BCUT2D eigenvalue weighted by molar-refractivity contribution is 7.91. The summed E-state index contributed by atoms with van der Waals surface area (Å²) in [4.78, 5) is 0.343. The number of rotatable bonds is 5. The molecule has 0 saturated carbocycles. The predicted molar refractivity (Wildman–Crippen MR) is 72.0 cm³/mol. The van der Waals surface area contributed by atoms with E-state index in [-0.39, 0.29) is 6.04 Å². The summed E-state index contributed by atoms with van der Waals surface area (Å²) in [5.74, 6) is 1.03. The van der Waals surface area contributed by atoms with Crippen LogP contribution in [-0.2, 0) is 16.1 Å². The first kappa shape index (κ1) is 14.8. The summed E-state index contributed by atoms with van der Waals surface area (Å²) in [7, 11) is 0.172. The molecule has 0 amide bonds. The first-order valence-corrected chi connectivity index (χ1v) is 7.50. The van der Waals surface area contributed by atoms with Gasteiger partial charge >= 0.3 is 0 Å². The largest absolute Gasteiger partial charge is 0.496 e. The van der Waals surface area contributed by atoms with Gasteiger partial charge in [-0.1, -0.05) is 0 Å². The molecule has 2 unspecified atom stereocenters. The van der Waals surface area contributed by atoms with E-state index in [0.29, 0.717) is 22.8 Å². The average Bonchev–Trinajstić information content (AvgIpc) is 2.26. The quantitative estimate of drug-likeness (QED) is 0.853. The maximum absolute atomic E-state index is 11.9. The maximum atomic E-state index is 11.9. The minimum atomic E-state index is -2.86. The van der Waals surface area contributed by atoms with Crippen molar-refractivity contribution in [3.63, 3.8) is 0 Å². The molecule has 0 aliphatic carbocycles. The van der Waals surface area contributed by atoms with Crippen LogP contribution in [-0.4, -0.2) is 30.7 Å². The first-order valence-electron chi connectivity index (χ1n) is 5.54. The number of hydrogen-bond donors (Lipinski definition) is 2. The number of nitrogens with two attached hydrogens (primary N) is 1. The monoisotopic (exact) mass is 272 g/mol. The Morgan fingerprint density at radius 2 is 1.89 bits per heavy atom. The fourth-order valence-corrected chi connectivity index (χ4v) is 2.60. The summed E-state index contributed by atoms with van der Waals surface area (Å²) in [5.41, 5.74) is 6.66. The summed E-state index contributed by atoms with van der Waals surface area (Å²) in [6, 6.07) is 3.33. The van der Waals surface area contributed by atoms with Gasteiger partial charge in [0.15, 0.2) is 0 Å². The van der Waals surface area contributed by atoms with E-state index in [1.807, 2.05) is 6.92 Å². The Morgan fingerprint density at radius 1 is 1.33 bits per heavy atom. The molecule has 0 radical (unpaired) electrons. The average molecular weight is 272 g/mol. The first-order chi connectivity index (χ1) is 8.29. The van der Waals surface area contributed by atoms with Crippen LogP contribution >= 0.6 is 0 Å². The highest BCUT2D eigenvalue weighted by atomic mass is 32.2. The van der Waals surface area contributed by atoms with Gasteiger partial charge in [0, 0.05) is 18.4 Å². The van der Waals surface area contributed by atoms with Crippen molar-refractivity contribution in [1.82, 2.24) is 0 Å². The molecule has 0 fully saturated rings. The van der Waals surface area contributed by atoms with Crippen molar-refractivity contribution in [3.05, 3.63) is 17.7 Å². The van der Waals surface area contributed by atoms with E-state index in [0.717, 1.165) is 5.56 Å². The summed E-state index contributed by atoms with van der Waals surface area (Å²) in [6.45, 7) is 1.90. The van der Waals surface area contributed by atoms with Gasteiger partial charge in [-0.05, 0) is 25.0 Å². The number of hydrogen-bond acceptors (Lipinski definition) is 5. The molecule has 0 aromatic heterocycles. The molecule has 0 heterocycles. The molecule has 0 aliphatic rings. The molecule has 2 atom stereocenters. The van der Waals surface area contributed by atoms with Crippen LogP contribution in [0, 0.1) is 4.78 Å². The third-order valence-corrected chi connectivity index (χ3v) is 3.69. The highest BCUT2D eigenvalue weighted by Gasteiger charge is 2.17. The van der Waals surface area contributed by atoms with Crippen LogP contribution in [0.4, 0.5) is 0 Å². The third kappa shape index (κ3) is 3.36. The molecule has 3 N–H and O–H groups in total. The minimum Gasteiger partial charge on any atom is -0.496 e. The summed E-state index contributed by atoms with van der Waals surface area (Å²) < 4.78 is 30.0. The number of nitrogens with one attached hydrogen (secondary N) is 1. The van der Waals surface area contributed by atoms with Crippen molar-refractivity contribution in [2.75, 3.05) is 20.5 Å². The van der Waals surface area contributed by atoms with Gasteiger partial charge in [-0.3, -0.25) is 0 Å². The second-order valence-electron chi connectivity index (χ2n) is 4.34. The van der Waals surface area contributed by atoms with Gasteiger partial charge in [0.1, 0.15) is 11.5 Å². The van der Waals surface area contributed by atoms with Crippen molar-refractivity contribution in [3.8, 4) is 11.5 Å². The van der Waals surface area contributed by atoms with Crippen LogP contribution in [0.15, 0.2) is 17.0 Å². The second-order valence-corrected chi connectivity index (χ2v) is 6.47. The van der Waals surface area contributed by atoms with E-state index < -0.39 is 9.73 Å². The molecule has 1 rings (SSSR count). The normalized spacial score (nSPS) is 15.8. The Bertz CT molecular complexity index is 524. The molecule has 18 heavy (non-hydrogen) atoms. The van der Waals surface area contributed by atoms with Crippen LogP contribution in [0.5, 0.6) is 11.5 Å².